The van der Waals surface area contributed by atoms with Crippen molar-refractivity contribution in [1.29, 1.82) is 0 Å². The highest BCUT2D eigenvalue weighted by atomic mass is 32.1. The second kappa shape index (κ2) is 4.57. The van der Waals surface area contributed by atoms with E-state index in [9.17, 15) is 4.79 Å². The van der Waals surface area contributed by atoms with E-state index in [0.717, 1.165) is 17.7 Å². The zero-order chi connectivity index (χ0) is 13.5. The Morgan fingerprint density at radius 1 is 0.900 bits per heavy atom. The second-order valence-corrected chi connectivity index (χ2v) is 6.32. The number of fused-ring (bicyclic) bond motifs is 3. The maximum atomic E-state index is 12.0. The molecule has 0 saturated heterocycles. The summed E-state index contributed by atoms with van der Waals surface area (Å²) in [6, 6.07) is 17.0. The predicted octanol–water partition coefficient (Wildman–Crippen LogP) is 5.09. The molecule has 2 heteroatoms. The SMILES string of the molecule is O=C1CCCc2c1sc1ccc(-c3ccccc3)cc21. The van der Waals surface area contributed by atoms with E-state index >= 15 is 0 Å². The number of hydrogen-bond donors (Lipinski definition) is 0. The van der Waals surface area contributed by atoms with Crippen LogP contribution in [0, 0.1) is 0 Å². The minimum Gasteiger partial charge on any atom is -0.293 e. The first-order chi connectivity index (χ1) is 9.83. The lowest BCUT2D eigenvalue weighted by molar-refractivity contribution is 0.0977. The fraction of sp³-hybridized carbons (Fsp3) is 0.167. The smallest absolute Gasteiger partial charge is 0.173 e. The molecule has 0 radical (unpaired) electrons. The van der Waals surface area contributed by atoms with Crippen LogP contribution >= 0.6 is 11.3 Å². The summed E-state index contributed by atoms with van der Waals surface area (Å²) in [6.45, 7) is 0. The van der Waals surface area contributed by atoms with Crippen LogP contribution < -0.4 is 0 Å². The third-order valence-electron chi connectivity index (χ3n) is 3.98. The average molecular weight is 278 g/mol. The van der Waals surface area contributed by atoms with Crippen LogP contribution in [0.15, 0.2) is 48.5 Å². The van der Waals surface area contributed by atoms with Crippen molar-refractivity contribution in [1.82, 2.24) is 0 Å². The molecule has 0 N–H and O–H groups in total. The maximum absolute atomic E-state index is 12.0. The zero-order valence-corrected chi connectivity index (χ0v) is 11.9. The first-order valence-electron chi connectivity index (χ1n) is 6.97. The van der Waals surface area contributed by atoms with Crippen molar-refractivity contribution in [2.45, 2.75) is 19.3 Å². The fourth-order valence-corrected chi connectivity index (χ4v) is 4.17. The van der Waals surface area contributed by atoms with E-state index in [1.807, 2.05) is 6.07 Å². The molecule has 0 saturated carbocycles. The van der Waals surface area contributed by atoms with Crippen LogP contribution in [0.2, 0.25) is 0 Å². The molecule has 0 bridgehead atoms. The quantitative estimate of drug-likeness (QED) is 0.606. The van der Waals surface area contributed by atoms with Crippen molar-refractivity contribution >= 4 is 27.2 Å². The van der Waals surface area contributed by atoms with Crippen LogP contribution in [-0.4, -0.2) is 5.78 Å². The monoisotopic (exact) mass is 278 g/mol. The molecule has 0 aliphatic heterocycles. The van der Waals surface area contributed by atoms with E-state index in [1.165, 1.54) is 26.8 Å². The molecule has 0 atom stereocenters. The lowest BCUT2D eigenvalue weighted by Crippen LogP contribution is -2.06. The molecule has 4 rings (SSSR count). The van der Waals surface area contributed by atoms with E-state index < -0.39 is 0 Å². The molecule has 2 aromatic carbocycles. The van der Waals surface area contributed by atoms with Gasteiger partial charge < -0.3 is 0 Å². The molecule has 20 heavy (non-hydrogen) atoms. The van der Waals surface area contributed by atoms with Gasteiger partial charge >= 0.3 is 0 Å². The molecule has 3 aromatic rings. The molecule has 0 amide bonds. The number of carbonyl (C=O) groups excluding carboxylic acids is 1. The minimum atomic E-state index is 0.328. The van der Waals surface area contributed by atoms with Gasteiger partial charge in [0.2, 0.25) is 0 Å². The molecule has 98 valence electrons. The number of rotatable bonds is 1. The molecular weight excluding hydrogens is 264 g/mol. The Kier molecular flexibility index (Phi) is 2.71. The minimum absolute atomic E-state index is 0.328. The molecule has 0 spiro atoms. The van der Waals surface area contributed by atoms with E-state index in [2.05, 4.69) is 42.5 Å². The summed E-state index contributed by atoms with van der Waals surface area (Å²) < 4.78 is 1.24. The van der Waals surface area contributed by atoms with Crippen LogP contribution in [-0.2, 0) is 6.42 Å². The molecule has 1 aliphatic carbocycles. The van der Waals surface area contributed by atoms with Crippen LogP contribution in [0.1, 0.15) is 28.1 Å². The molecule has 1 nitrogen and oxygen atoms in total. The van der Waals surface area contributed by atoms with E-state index in [-0.39, 0.29) is 0 Å². The van der Waals surface area contributed by atoms with Crippen LogP contribution in [0.25, 0.3) is 21.2 Å². The van der Waals surface area contributed by atoms with Gasteiger partial charge in [0.05, 0.1) is 4.88 Å². The number of Topliss-reactive ketones (excluding diaryl/α,β-unsaturated/α-hetero) is 1. The van der Waals surface area contributed by atoms with E-state index in [1.54, 1.807) is 11.3 Å². The van der Waals surface area contributed by atoms with Gasteiger partial charge in [0.15, 0.2) is 5.78 Å². The summed E-state index contributed by atoms with van der Waals surface area (Å²) >= 11 is 1.66. The van der Waals surface area contributed by atoms with Gasteiger partial charge in [0.1, 0.15) is 0 Å². The number of carbonyl (C=O) groups is 1. The Morgan fingerprint density at radius 2 is 1.75 bits per heavy atom. The normalized spacial score (nSPS) is 14.5. The molecule has 1 aliphatic rings. The van der Waals surface area contributed by atoms with Gasteiger partial charge in [0.25, 0.3) is 0 Å². The summed E-state index contributed by atoms with van der Waals surface area (Å²) in [5.74, 6) is 0.328. The van der Waals surface area contributed by atoms with E-state index in [4.69, 9.17) is 0 Å². The first-order valence-corrected chi connectivity index (χ1v) is 7.78. The average Bonchev–Trinajstić information content (AvgIpc) is 2.88. The van der Waals surface area contributed by atoms with Gasteiger partial charge in [0, 0.05) is 11.1 Å². The first kappa shape index (κ1) is 11.9. The highest BCUT2D eigenvalue weighted by molar-refractivity contribution is 7.21. The fourth-order valence-electron chi connectivity index (χ4n) is 2.97. The Labute approximate surface area is 121 Å². The van der Waals surface area contributed by atoms with Gasteiger partial charge in [-0.2, -0.15) is 0 Å². The van der Waals surface area contributed by atoms with Crippen molar-refractivity contribution in [3.63, 3.8) is 0 Å². The van der Waals surface area contributed by atoms with Gasteiger partial charge in [-0.3, -0.25) is 4.79 Å². The third kappa shape index (κ3) is 1.80. The molecule has 0 unspecified atom stereocenters. The Hall–Kier alpha value is -1.93. The molecule has 0 fully saturated rings. The van der Waals surface area contributed by atoms with Crippen LogP contribution in [0.4, 0.5) is 0 Å². The number of thiophene rings is 1. The van der Waals surface area contributed by atoms with E-state index in [0.29, 0.717) is 12.2 Å². The standard InChI is InChI=1S/C18H14OS/c19-16-8-4-7-14-15-11-13(12-5-2-1-3-6-12)9-10-17(15)20-18(14)16/h1-3,5-6,9-11H,4,7-8H2. The summed E-state index contributed by atoms with van der Waals surface area (Å²) in [7, 11) is 0. The largest absolute Gasteiger partial charge is 0.293 e. The number of aryl methyl sites for hydroxylation is 1. The Bertz CT molecular complexity index is 799. The number of ketones is 1. The van der Waals surface area contributed by atoms with Gasteiger partial charge in [-0.15, -0.1) is 11.3 Å². The maximum Gasteiger partial charge on any atom is 0.173 e. The van der Waals surface area contributed by atoms with Crippen molar-refractivity contribution in [2.24, 2.45) is 0 Å². The van der Waals surface area contributed by atoms with Crippen molar-refractivity contribution < 1.29 is 4.79 Å². The van der Waals surface area contributed by atoms with Crippen molar-refractivity contribution in [3.8, 4) is 11.1 Å². The van der Waals surface area contributed by atoms with Gasteiger partial charge in [-0.25, -0.2) is 0 Å². The molecule has 1 aromatic heterocycles. The Morgan fingerprint density at radius 3 is 2.60 bits per heavy atom. The van der Waals surface area contributed by atoms with Crippen LogP contribution in [0.3, 0.4) is 0 Å². The summed E-state index contributed by atoms with van der Waals surface area (Å²) in [5, 5.41) is 1.28. The van der Waals surface area contributed by atoms with Crippen molar-refractivity contribution in [2.75, 3.05) is 0 Å². The summed E-state index contributed by atoms with van der Waals surface area (Å²) in [4.78, 5) is 13.0. The van der Waals surface area contributed by atoms with Crippen molar-refractivity contribution in [3.05, 3.63) is 59.0 Å². The Balaban J connectivity index is 1.93. The highest BCUT2D eigenvalue weighted by Gasteiger charge is 2.22. The van der Waals surface area contributed by atoms with Gasteiger partial charge in [-0.05, 0) is 47.1 Å². The second-order valence-electron chi connectivity index (χ2n) is 5.26. The summed E-state index contributed by atoms with van der Waals surface area (Å²) in [6.07, 6.45) is 2.75. The third-order valence-corrected chi connectivity index (χ3v) is 5.24. The zero-order valence-electron chi connectivity index (χ0n) is 11.1. The number of benzene rings is 2. The molecular formula is C18H14OS. The summed E-state index contributed by atoms with van der Waals surface area (Å²) in [5.41, 5.74) is 3.74. The van der Waals surface area contributed by atoms with Crippen LogP contribution in [0.5, 0.6) is 0 Å². The highest BCUT2D eigenvalue weighted by Crippen LogP contribution is 2.38. The predicted molar refractivity (Wildman–Crippen MR) is 84.5 cm³/mol. The lowest BCUT2D eigenvalue weighted by atomic mass is 9.94. The lowest BCUT2D eigenvalue weighted by Gasteiger charge is -2.09. The van der Waals surface area contributed by atoms with Gasteiger partial charge in [-0.1, -0.05) is 36.4 Å². The topological polar surface area (TPSA) is 17.1 Å². The molecule has 1 heterocycles. The number of hydrogen-bond acceptors (Lipinski definition) is 2.